The van der Waals surface area contributed by atoms with E-state index in [1.54, 1.807) is 0 Å². The van der Waals surface area contributed by atoms with Crippen LogP contribution in [0.15, 0.2) is 59.1 Å². The van der Waals surface area contributed by atoms with Crippen LogP contribution in [0.3, 0.4) is 0 Å². The molecule has 2 aromatic rings. The van der Waals surface area contributed by atoms with E-state index in [0.29, 0.717) is 6.42 Å². The Labute approximate surface area is 144 Å². The van der Waals surface area contributed by atoms with Crippen molar-refractivity contribution in [3.63, 3.8) is 0 Å². The lowest BCUT2D eigenvalue weighted by atomic mass is 10.0. The van der Waals surface area contributed by atoms with Gasteiger partial charge in [-0.25, -0.2) is 0 Å². The van der Waals surface area contributed by atoms with Gasteiger partial charge in [0.1, 0.15) is 0 Å². The minimum atomic E-state index is -0.503. The third-order valence-corrected chi connectivity index (χ3v) is 3.93. The highest BCUT2D eigenvalue weighted by Crippen LogP contribution is 2.13. The molecule has 5 heteroatoms. The molecule has 0 fully saturated rings. The van der Waals surface area contributed by atoms with Gasteiger partial charge in [0, 0.05) is 10.2 Å². The van der Waals surface area contributed by atoms with E-state index < -0.39 is 6.04 Å². The fraction of sp³-hybridized carbons (Fsp3) is 0.222. The van der Waals surface area contributed by atoms with Crippen molar-refractivity contribution in [3.05, 3.63) is 64.6 Å². The Kier molecular flexibility index (Phi) is 6.35. The summed E-state index contributed by atoms with van der Waals surface area (Å²) in [7, 11) is 0. The first-order chi connectivity index (χ1) is 11.0. The van der Waals surface area contributed by atoms with Crippen LogP contribution in [-0.2, 0) is 16.0 Å². The summed E-state index contributed by atoms with van der Waals surface area (Å²) in [5, 5.41) is 5.82. The molecule has 23 heavy (non-hydrogen) atoms. The minimum Gasteiger partial charge on any atom is -0.376 e. The van der Waals surface area contributed by atoms with Crippen molar-refractivity contribution < 1.29 is 9.59 Å². The average molecular weight is 375 g/mol. The average Bonchev–Trinajstić information content (AvgIpc) is 2.54. The number of nitrogens with one attached hydrogen (secondary N) is 2. The molecule has 2 N–H and O–H groups in total. The molecule has 1 atom stereocenters. The molecule has 0 heterocycles. The molecule has 0 radical (unpaired) electrons. The molecule has 120 valence electrons. The van der Waals surface area contributed by atoms with Gasteiger partial charge >= 0.3 is 0 Å². The number of Topliss-reactive ketones (excluding diaryl/α,β-unsaturated/α-hetero) is 1. The molecule has 0 saturated heterocycles. The van der Waals surface area contributed by atoms with Crippen LogP contribution in [0.5, 0.6) is 0 Å². The molecule has 0 aromatic heterocycles. The van der Waals surface area contributed by atoms with Gasteiger partial charge < -0.3 is 10.6 Å². The van der Waals surface area contributed by atoms with Gasteiger partial charge in [-0.1, -0.05) is 46.3 Å². The maximum atomic E-state index is 12.1. The van der Waals surface area contributed by atoms with Crippen LogP contribution < -0.4 is 10.6 Å². The molecule has 0 bridgehead atoms. The van der Waals surface area contributed by atoms with Gasteiger partial charge in [0.25, 0.3) is 0 Å². The Bertz CT molecular complexity index is 656. The van der Waals surface area contributed by atoms with Gasteiger partial charge in [-0.3, -0.25) is 9.59 Å². The van der Waals surface area contributed by atoms with Gasteiger partial charge in [0.2, 0.25) is 5.91 Å². The lowest BCUT2D eigenvalue weighted by molar-refractivity contribution is -0.125. The topological polar surface area (TPSA) is 58.2 Å². The maximum Gasteiger partial charge on any atom is 0.239 e. The molecular weight excluding hydrogens is 356 g/mol. The molecule has 4 nitrogen and oxygen atoms in total. The number of carbonyl (C=O) groups excluding carboxylic acids is 2. The highest BCUT2D eigenvalue weighted by atomic mass is 79.9. The standard InChI is InChI=1S/C18H19BrN2O2/c1-13(22)17(11-14-5-3-2-4-6-14)21-18(23)12-20-16-9-7-15(19)8-10-16/h2-10,17,20H,11-12H2,1H3,(H,21,23)/t17-/m0/s1. The summed E-state index contributed by atoms with van der Waals surface area (Å²) in [6, 6.07) is 16.7. The van der Waals surface area contributed by atoms with E-state index in [2.05, 4.69) is 26.6 Å². The molecular formula is C18H19BrN2O2. The number of amides is 1. The first kappa shape index (κ1) is 17.2. The molecule has 0 unspecified atom stereocenters. The van der Waals surface area contributed by atoms with Crippen molar-refractivity contribution in [2.75, 3.05) is 11.9 Å². The molecule has 2 rings (SSSR count). The second-order valence-corrected chi connectivity index (χ2v) is 6.20. The summed E-state index contributed by atoms with van der Waals surface area (Å²) in [5.74, 6) is -0.255. The number of anilines is 1. The number of hydrogen-bond donors (Lipinski definition) is 2. The summed E-state index contributed by atoms with van der Waals surface area (Å²) in [5.41, 5.74) is 1.87. The highest BCUT2D eigenvalue weighted by molar-refractivity contribution is 9.10. The lowest BCUT2D eigenvalue weighted by Gasteiger charge is -2.16. The Hall–Kier alpha value is -2.14. The fourth-order valence-electron chi connectivity index (χ4n) is 2.14. The quantitative estimate of drug-likeness (QED) is 0.782. The van der Waals surface area contributed by atoms with Crippen LogP contribution in [-0.4, -0.2) is 24.3 Å². The normalized spacial score (nSPS) is 11.6. The van der Waals surface area contributed by atoms with E-state index in [0.717, 1.165) is 15.7 Å². The van der Waals surface area contributed by atoms with Crippen molar-refractivity contribution in [3.8, 4) is 0 Å². The van der Waals surface area contributed by atoms with Gasteiger partial charge in [0.15, 0.2) is 5.78 Å². The summed E-state index contributed by atoms with van der Waals surface area (Å²) in [6.07, 6.45) is 0.500. The number of rotatable bonds is 7. The van der Waals surface area contributed by atoms with Crippen molar-refractivity contribution in [2.24, 2.45) is 0 Å². The van der Waals surface area contributed by atoms with E-state index in [9.17, 15) is 9.59 Å². The monoisotopic (exact) mass is 374 g/mol. The Morgan fingerprint density at radius 1 is 1.04 bits per heavy atom. The first-order valence-corrected chi connectivity index (χ1v) is 8.17. The van der Waals surface area contributed by atoms with E-state index in [1.807, 2.05) is 54.6 Å². The van der Waals surface area contributed by atoms with Crippen LogP contribution in [0.1, 0.15) is 12.5 Å². The van der Waals surface area contributed by atoms with E-state index in [-0.39, 0.29) is 18.2 Å². The molecule has 0 aliphatic carbocycles. The molecule has 2 aromatic carbocycles. The second-order valence-electron chi connectivity index (χ2n) is 5.28. The second kappa shape index (κ2) is 8.48. The predicted octanol–water partition coefficient (Wildman–Crippen LogP) is 3.18. The smallest absolute Gasteiger partial charge is 0.239 e. The minimum absolute atomic E-state index is 0.0501. The number of hydrogen-bond acceptors (Lipinski definition) is 3. The highest BCUT2D eigenvalue weighted by Gasteiger charge is 2.17. The van der Waals surface area contributed by atoms with Crippen LogP contribution in [0, 0.1) is 0 Å². The third-order valence-electron chi connectivity index (χ3n) is 3.41. The zero-order chi connectivity index (χ0) is 16.7. The molecule has 1 amide bonds. The van der Waals surface area contributed by atoms with Gasteiger partial charge in [0.05, 0.1) is 12.6 Å². The molecule has 0 aliphatic heterocycles. The first-order valence-electron chi connectivity index (χ1n) is 7.38. The lowest BCUT2D eigenvalue weighted by Crippen LogP contribution is -2.43. The summed E-state index contributed by atoms with van der Waals surface area (Å²) >= 11 is 3.36. The van der Waals surface area contributed by atoms with Gasteiger partial charge in [-0.15, -0.1) is 0 Å². The molecule has 0 saturated carbocycles. The number of benzene rings is 2. The molecule has 0 aliphatic rings. The van der Waals surface area contributed by atoms with Crippen molar-refractivity contribution >= 4 is 33.3 Å². The number of carbonyl (C=O) groups is 2. The Morgan fingerprint density at radius 2 is 1.70 bits per heavy atom. The van der Waals surface area contributed by atoms with Crippen molar-refractivity contribution in [2.45, 2.75) is 19.4 Å². The Balaban J connectivity index is 1.88. The summed E-state index contributed by atoms with van der Waals surface area (Å²) in [6.45, 7) is 1.62. The van der Waals surface area contributed by atoms with Crippen molar-refractivity contribution in [1.29, 1.82) is 0 Å². The zero-order valence-electron chi connectivity index (χ0n) is 12.9. The predicted molar refractivity (Wildman–Crippen MR) is 95.4 cm³/mol. The van der Waals surface area contributed by atoms with Gasteiger partial charge in [-0.2, -0.15) is 0 Å². The maximum absolute atomic E-state index is 12.1. The fourth-order valence-corrected chi connectivity index (χ4v) is 2.41. The number of halogens is 1. The SMILES string of the molecule is CC(=O)[C@H](Cc1ccccc1)NC(=O)CNc1ccc(Br)cc1. The van der Waals surface area contributed by atoms with Crippen LogP contribution in [0.4, 0.5) is 5.69 Å². The van der Waals surface area contributed by atoms with E-state index in [1.165, 1.54) is 6.92 Å². The van der Waals surface area contributed by atoms with E-state index >= 15 is 0 Å². The van der Waals surface area contributed by atoms with Crippen molar-refractivity contribution in [1.82, 2.24) is 5.32 Å². The third kappa shape index (κ3) is 5.87. The Morgan fingerprint density at radius 3 is 2.30 bits per heavy atom. The largest absolute Gasteiger partial charge is 0.376 e. The van der Waals surface area contributed by atoms with Crippen LogP contribution >= 0.6 is 15.9 Å². The molecule has 0 spiro atoms. The van der Waals surface area contributed by atoms with E-state index in [4.69, 9.17) is 0 Å². The number of ketones is 1. The zero-order valence-corrected chi connectivity index (χ0v) is 14.5. The summed E-state index contributed by atoms with van der Waals surface area (Å²) in [4.78, 5) is 23.8. The van der Waals surface area contributed by atoms with Crippen LogP contribution in [0.25, 0.3) is 0 Å². The van der Waals surface area contributed by atoms with Crippen LogP contribution in [0.2, 0.25) is 0 Å². The van der Waals surface area contributed by atoms with Gasteiger partial charge in [-0.05, 0) is 43.2 Å². The summed E-state index contributed by atoms with van der Waals surface area (Å²) < 4.78 is 0.979.